The van der Waals surface area contributed by atoms with Crippen LogP contribution in [-0.4, -0.2) is 18.6 Å². The highest BCUT2D eigenvalue weighted by molar-refractivity contribution is 6.67. The molecular weight excluding hydrogens is 222 g/mol. The maximum absolute atomic E-state index is 8.36. The lowest BCUT2D eigenvalue weighted by Crippen LogP contribution is -2.14. The zero-order valence-electron chi connectivity index (χ0n) is 5.71. The Balaban J connectivity index is 2.72. The molecule has 0 unspecified atom stereocenters. The fraction of sp³-hybridized carbons (Fsp3) is 0.400. The van der Waals surface area contributed by atoms with E-state index < -0.39 is 3.79 Å². The summed E-state index contributed by atoms with van der Waals surface area (Å²) in [7, 11) is 0. The second-order valence-corrected chi connectivity index (χ2v) is 4.51. The molecule has 0 radical (unpaired) electrons. The molecular formula is C5H3Cl3N4. The van der Waals surface area contributed by atoms with Gasteiger partial charge in [-0.3, -0.25) is 0 Å². The number of aromatic nitrogens is 3. The monoisotopic (exact) mass is 224 g/mol. The Labute approximate surface area is 83.7 Å². The molecule has 0 bridgehead atoms. The Morgan fingerprint density at radius 2 is 2.25 bits per heavy atom. The largest absolute Gasteiger partial charge is 0.252 e. The molecule has 7 heteroatoms. The molecule has 1 heterocycles. The predicted molar refractivity (Wildman–Crippen MR) is 45.0 cm³/mol. The Morgan fingerprint density at radius 3 is 2.67 bits per heavy atom. The van der Waals surface area contributed by atoms with E-state index in [1.165, 1.54) is 11.0 Å². The van der Waals surface area contributed by atoms with Crippen LogP contribution in [0.5, 0.6) is 0 Å². The zero-order valence-corrected chi connectivity index (χ0v) is 7.97. The van der Waals surface area contributed by atoms with Crippen molar-refractivity contribution in [2.45, 2.75) is 10.3 Å². The van der Waals surface area contributed by atoms with Crippen molar-refractivity contribution >= 4 is 34.8 Å². The van der Waals surface area contributed by atoms with Gasteiger partial charge in [0.25, 0.3) is 5.82 Å². The maximum Gasteiger partial charge on any atom is 0.252 e. The first kappa shape index (κ1) is 9.59. The van der Waals surface area contributed by atoms with Crippen molar-refractivity contribution in [3.63, 3.8) is 0 Å². The molecule has 0 aromatic carbocycles. The molecule has 0 aliphatic carbocycles. The highest BCUT2D eigenvalue weighted by Crippen LogP contribution is 2.27. The second-order valence-electron chi connectivity index (χ2n) is 1.99. The Hall–Kier alpha value is -0.500. The first-order chi connectivity index (χ1) is 5.51. The third kappa shape index (κ3) is 2.86. The molecule has 1 aromatic rings. The molecule has 0 aliphatic heterocycles. The van der Waals surface area contributed by atoms with Crippen LogP contribution in [-0.2, 0) is 6.54 Å². The lowest BCUT2D eigenvalue weighted by molar-refractivity contribution is 0.623. The van der Waals surface area contributed by atoms with Crippen LogP contribution in [0.1, 0.15) is 5.82 Å². The minimum absolute atomic E-state index is 0.0595. The third-order valence-electron chi connectivity index (χ3n) is 0.978. The van der Waals surface area contributed by atoms with Gasteiger partial charge in [0.2, 0.25) is 3.79 Å². The van der Waals surface area contributed by atoms with E-state index in [4.69, 9.17) is 40.1 Å². The zero-order chi connectivity index (χ0) is 9.19. The molecule has 1 rings (SSSR count). The van der Waals surface area contributed by atoms with Crippen molar-refractivity contribution in [3.05, 3.63) is 12.2 Å². The molecule has 12 heavy (non-hydrogen) atoms. The van der Waals surface area contributed by atoms with Crippen molar-refractivity contribution in [3.8, 4) is 6.07 Å². The number of nitrogens with zero attached hydrogens (tertiary/aromatic N) is 4. The quantitative estimate of drug-likeness (QED) is 0.681. The highest BCUT2D eigenvalue weighted by atomic mass is 35.6. The summed E-state index contributed by atoms with van der Waals surface area (Å²) < 4.78 is -0.119. The molecule has 64 valence electrons. The fourth-order valence-electron chi connectivity index (χ4n) is 0.606. The van der Waals surface area contributed by atoms with Crippen molar-refractivity contribution in [1.82, 2.24) is 14.8 Å². The van der Waals surface area contributed by atoms with Gasteiger partial charge in [-0.2, -0.15) is 5.26 Å². The van der Waals surface area contributed by atoms with Gasteiger partial charge in [-0.15, -0.1) is 5.10 Å². The summed E-state index contributed by atoms with van der Waals surface area (Å²) in [5.41, 5.74) is 0. The van der Waals surface area contributed by atoms with Gasteiger partial charge in [-0.05, 0) is 0 Å². The van der Waals surface area contributed by atoms with E-state index >= 15 is 0 Å². The number of rotatable bonds is 1. The molecule has 0 saturated carbocycles. The summed E-state index contributed by atoms with van der Waals surface area (Å²) in [6.45, 7) is 0.0757. The minimum Gasteiger partial charge on any atom is -0.247 e. The molecule has 0 spiro atoms. The first-order valence-electron chi connectivity index (χ1n) is 2.87. The summed E-state index contributed by atoms with van der Waals surface area (Å²) in [5, 5.41) is 12.1. The van der Waals surface area contributed by atoms with Crippen LogP contribution >= 0.6 is 34.8 Å². The van der Waals surface area contributed by atoms with E-state index in [0.29, 0.717) is 0 Å². The van der Waals surface area contributed by atoms with Gasteiger partial charge in [0, 0.05) is 0 Å². The predicted octanol–water partition coefficient (Wildman–Crippen LogP) is 1.52. The Kier molecular flexibility index (Phi) is 2.78. The molecule has 0 aliphatic rings. The van der Waals surface area contributed by atoms with Crippen molar-refractivity contribution in [2.75, 3.05) is 0 Å². The average Bonchev–Trinajstić information content (AvgIpc) is 2.32. The Morgan fingerprint density at radius 1 is 1.58 bits per heavy atom. The minimum atomic E-state index is -1.42. The van der Waals surface area contributed by atoms with E-state index in [-0.39, 0.29) is 12.4 Å². The molecule has 1 aromatic heterocycles. The number of nitriles is 1. The Bertz CT molecular complexity index is 307. The average molecular weight is 225 g/mol. The van der Waals surface area contributed by atoms with Crippen LogP contribution in [0.25, 0.3) is 0 Å². The summed E-state index contributed by atoms with van der Waals surface area (Å²) in [5.74, 6) is 0.0595. The highest BCUT2D eigenvalue weighted by Gasteiger charge is 2.20. The lowest BCUT2D eigenvalue weighted by Gasteiger charge is -2.08. The van der Waals surface area contributed by atoms with E-state index in [1.54, 1.807) is 6.07 Å². The van der Waals surface area contributed by atoms with Crippen LogP contribution in [0.2, 0.25) is 0 Å². The van der Waals surface area contributed by atoms with Crippen LogP contribution in [0.15, 0.2) is 6.33 Å². The summed E-state index contributed by atoms with van der Waals surface area (Å²) in [6, 6.07) is 1.76. The smallest absolute Gasteiger partial charge is 0.247 e. The van der Waals surface area contributed by atoms with Crippen molar-refractivity contribution in [1.29, 1.82) is 5.26 Å². The van der Waals surface area contributed by atoms with Gasteiger partial charge >= 0.3 is 0 Å². The lowest BCUT2D eigenvalue weighted by atomic mass is 10.7. The van der Waals surface area contributed by atoms with E-state index in [0.717, 1.165) is 0 Å². The molecule has 0 atom stereocenters. The van der Waals surface area contributed by atoms with E-state index in [1.807, 2.05) is 0 Å². The first-order valence-corrected chi connectivity index (χ1v) is 4.01. The van der Waals surface area contributed by atoms with Gasteiger partial charge < -0.3 is 0 Å². The number of alkyl halides is 3. The van der Waals surface area contributed by atoms with Gasteiger partial charge in [0.05, 0.1) is 6.54 Å². The maximum atomic E-state index is 8.36. The van der Waals surface area contributed by atoms with Crippen LogP contribution < -0.4 is 0 Å². The van der Waals surface area contributed by atoms with Crippen molar-refractivity contribution < 1.29 is 0 Å². The van der Waals surface area contributed by atoms with Crippen LogP contribution in [0.3, 0.4) is 0 Å². The normalized spacial score (nSPS) is 11.2. The summed E-state index contributed by atoms with van der Waals surface area (Å²) in [6.07, 6.45) is 1.33. The van der Waals surface area contributed by atoms with E-state index in [2.05, 4.69) is 10.1 Å². The van der Waals surface area contributed by atoms with Gasteiger partial charge in [-0.1, -0.05) is 34.8 Å². The summed E-state index contributed by atoms with van der Waals surface area (Å²) in [4.78, 5) is 3.63. The van der Waals surface area contributed by atoms with Crippen LogP contribution in [0, 0.1) is 11.3 Å². The fourth-order valence-corrected chi connectivity index (χ4v) is 0.973. The van der Waals surface area contributed by atoms with Gasteiger partial charge in [0.15, 0.2) is 0 Å². The van der Waals surface area contributed by atoms with Crippen molar-refractivity contribution in [2.24, 2.45) is 0 Å². The molecule has 0 N–H and O–H groups in total. The van der Waals surface area contributed by atoms with Gasteiger partial charge in [0.1, 0.15) is 12.4 Å². The standard InChI is InChI=1S/C5H3Cl3N4/c6-5(7,8)2-12-3-10-4(1-9)11-12/h3H,2H2. The van der Waals surface area contributed by atoms with E-state index in [9.17, 15) is 0 Å². The second kappa shape index (κ2) is 3.48. The van der Waals surface area contributed by atoms with Gasteiger partial charge in [-0.25, -0.2) is 9.67 Å². The molecule has 4 nitrogen and oxygen atoms in total. The molecule has 0 amide bonds. The topological polar surface area (TPSA) is 54.5 Å². The summed E-state index contributed by atoms with van der Waals surface area (Å²) >= 11 is 16.4. The number of halogens is 3. The number of hydrogen-bond acceptors (Lipinski definition) is 3. The SMILES string of the molecule is N#Cc1ncn(CC(Cl)(Cl)Cl)n1. The molecule has 0 fully saturated rings. The number of hydrogen-bond donors (Lipinski definition) is 0. The third-order valence-corrected chi connectivity index (χ3v) is 1.34. The van der Waals surface area contributed by atoms with Crippen LogP contribution in [0.4, 0.5) is 0 Å². The molecule has 0 saturated heterocycles.